The van der Waals surface area contributed by atoms with E-state index in [0.717, 1.165) is 0 Å². The van der Waals surface area contributed by atoms with Crippen LogP contribution in [-0.4, -0.2) is 30.4 Å². The molecule has 124 valence electrons. The summed E-state index contributed by atoms with van der Waals surface area (Å²) in [6.45, 7) is 3.73. The molecule has 1 aromatic carbocycles. The van der Waals surface area contributed by atoms with Gasteiger partial charge in [-0.3, -0.25) is 0 Å². The first-order valence-corrected chi connectivity index (χ1v) is 8.72. The average Bonchev–Trinajstić information content (AvgIpc) is 2.46. The van der Waals surface area contributed by atoms with Crippen LogP contribution >= 0.6 is 35.0 Å². The third-order valence-electron chi connectivity index (χ3n) is 3.15. The van der Waals surface area contributed by atoms with E-state index in [1.54, 1.807) is 32.0 Å². The number of esters is 1. The number of nitrogens with one attached hydrogen (secondary N) is 2. The minimum atomic E-state index is -0.451. The molecule has 0 spiro atoms. The Balaban J connectivity index is 2.27. The largest absolute Gasteiger partial charge is 0.463 e. The summed E-state index contributed by atoms with van der Waals surface area (Å²) in [6.07, 6.45) is 0. The fourth-order valence-corrected chi connectivity index (χ4v) is 3.81. The molecule has 0 aromatic heterocycles. The van der Waals surface area contributed by atoms with Crippen LogP contribution in [0.1, 0.15) is 13.8 Å². The van der Waals surface area contributed by atoms with Gasteiger partial charge in [0.05, 0.1) is 28.3 Å². The Kier molecular flexibility index (Phi) is 6.21. The first kappa shape index (κ1) is 18.0. The number of rotatable bonds is 5. The molecule has 0 fully saturated rings. The maximum atomic E-state index is 12.1. The molecule has 2 amide bonds. The molecular formula is C15H16Cl2N2O3S. The van der Waals surface area contributed by atoms with Crippen molar-refractivity contribution in [2.75, 3.05) is 12.4 Å². The lowest BCUT2D eigenvalue weighted by Crippen LogP contribution is -2.49. The van der Waals surface area contributed by atoms with Crippen LogP contribution in [0.2, 0.25) is 10.0 Å². The molecule has 0 saturated heterocycles. The van der Waals surface area contributed by atoms with Crippen LogP contribution in [0.5, 0.6) is 0 Å². The molecule has 8 heteroatoms. The number of hydrogen-bond donors (Lipinski definition) is 2. The van der Waals surface area contributed by atoms with Gasteiger partial charge in [-0.2, -0.15) is 0 Å². The molecule has 1 aliphatic heterocycles. The van der Waals surface area contributed by atoms with Gasteiger partial charge < -0.3 is 15.4 Å². The quantitative estimate of drug-likeness (QED) is 0.610. The first-order chi connectivity index (χ1) is 10.9. The van der Waals surface area contributed by atoms with Gasteiger partial charge in [0, 0.05) is 16.3 Å². The minimum absolute atomic E-state index is 0.264. The average molecular weight is 375 g/mol. The molecule has 1 atom stereocenters. The highest BCUT2D eigenvalue weighted by Gasteiger charge is 2.29. The second-order valence-corrected chi connectivity index (χ2v) is 6.57. The molecule has 2 N–H and O–H groups in total. The number of amides is 2. The number of urea groups is 1. The van der Waals surface area contributed by atoms with E-state index in [1.807, 2.05) is 0 Å². The molecule has 1 heterocycles. The molecule has 5 nitrogen and oxygen atoms in total. The first-order valence-electron chi connectivity index (χ1n) is 6.98. The van der Waals surface area contributed by atoms with Gasteiger partial charge in [0.2, 0.25) is 0 Å². The third-order valence-corrected chi connectivity index (χ3v) is 5.16. The summed E-state index contributed by atoms with van der Waals surface area (Å²) in [5.74, 6) is -0.108. The van der Waals surface area contributed by atoms with Gasteiger partial charge in [0.15, 0.2) is 0 Å². The Bertz CT molecular complexity index is 644. The number of benzene rings is 1. The highest BCUT2D eigenvalue weighted by Crippen LogP contribution is 2.35. The molecule has 0 saturated carbocycles. The molecule has 0 bridgehead atoms. The van der Waals surface area contributed by atoms with Gasteiger partial charge in [-0.1, -0.05) is 29.3 Å². The minimum Gasteiger partial charge on any atom is -0.463 e. The van der Waals surface area contributed by atoms with Crippen LogP contribution in [0.4, 0.5) is 4.79 Å². The van der Waals surface area contributed by atoms with Gasteiger partial charge in [-0.15, -0.1) is 11.8 Å². The number of carbonyl (C=O) groups is 2. The van der Waals surface area contributed by atoms with Crippen LogP contribution in [-0.2, 0) is 9.53 Å². The van der Waals surface area contributed by atoms with E-state index in [2.05, 4.69) is 10.6 Å². The number of halogens is 2. The van der Waals surface area contributed by atoms with E-state index in [9.17, 15) is 9.59 Å². The Morgan fingerprint density at radius 2 is 2.00 bits per heavy atom. The number of carbonyl (C=O) groups excluding carboxylic acids is 2. The van der Waals surface area contributed by atoms with E-state index in [1.165, 1.54) is 11.8 Å². The van der Waals surface area contributed by atoms with Gasteiger partial charge in [0.1, 0.15) is 0 Å². The molecule has 1 aromatic rings. The lowest BCUT2D eigenvalue weighted by atomic mass is 10.1. The van der Waals surface area contributed by atoms with E-state index >= 15 is 0 Å². The number of hydrogen-bond acceptors (Lipinski definition) is 4. The van der Waals surface area contributed by atoms with Crippen molar-refractivity contribution in [2.45, 2.75) is 24.8 Å². The summed E-state index contributed by atoms with van der Waals surface area (Å²) < 4.78 is 5.07. The predicted molar refractivity (Wildman–Crippen MR) is 92.0 cm³/mol. The monoisotopic (exact) mass is 374 g/mol. The van der Waals surface area contributed by atoms with E-state index in [-0.39, 0.29) is 12.6 Å². The van der Waals surface area contributed by atoms with E-state index in [4.69, 9.17) is 27.9 Å². The maximum Gasteiger partial charge on any atom is 0.337 e. The fourth-order valence-electron chi connectivity index (χ4n) is 2.16. The molecule has 1 aliphatic rings. The van der Waals surface area contributed by atoms with E-state index < -0.39 is 12.0 Å². The predicted octanol–water partition coefficient (Wildman–Crippen LogP) is 3.60. The summed E-state index contributed by atoms with van der Waals surface area (Å²) in [7, 11) is 0. The van der Waals surface area contributed by atoms with Crippen molar-refractivity contribution < 1.29 is 14.3 Å². The van der Waals surface area contributed by atoms with Crippen molar-refractivity contribution >= 4 is 47.0 Å². The van der Waals surface area contributed by atoms with Crippen molar-refractivity contribution in [2.24, 2.45) is 0 Å². The second-order valence-electron chi connectivity index (χ2n) is 4.77. The smallest absolute Gasteiger partial charge is 0.337 e. The molecule has 0 radical (unpaired) electrons. The Morgan fingerprint density at radius 1 is 1.35 bits per heavy atom. The highest BCUT2D eigenvalue weighted by molar-refractivity contribution is 7.99. The second kappa shape index (κ2) is 7.95. The van der Waals surface area contributed by atoms with Crippen LogP contribution in [0.15, 0.2) is 34.4 Å². The van der Waals surface area contributed by atoms with Gasteiger partial charge >= 0.3 is 12.0 Å². The molecule has 0 aliphatic carbocycles. The lowest BCUT2D eigenvalue weighted by molar-refractivity contribution is -0.138. The molecule has 0 unspecified atom stereocenters. The zero-order chi connectivity index (χ0) is 17.0. The topological polar surface area (TPSA) is 67.4 Å². The van der Waals surface area contributed by atoms with Gasteiger partial charge in [-0.25, -0.2) is 9.59 Å². The lowest BCUT2D eigenvalue weighted by Gasteiger charge is -2.26. The molecule has 2 rings (SSSR count). The number of thioether (sulfide) groups is 1. The van der Waals surface area contributed by atoms with Crippen molar-refractivity contribution in [1.29, 1.82) is 0 Å². The summed E-state index contributed by atoms with van der Waals surface area (Å²) in [5.41, 5.74) is 0.905. The Labute approximate surface area is 148 Å². The Hall–Kier alpha value is -1.37. The third kappa shape index (κ3) is 4.34. The fraction of sp³-hybridized carbons (Fsp3) is 0.333. The maximum absolute atomic E-state index is 12.1. The van der Waals surface area contributed by atoms with Crippen LogP contribution in [0.25, 0.3) is 0 Å². The molecular weight excluding hydrogens is 359 g/mol. The Morgan fingerprint density at radius 3 is 2.61 bits per heavy atom. The normalized spacial score (nSPS) is 17.6. The SMILES string of the molecule is CCOC(=O)C1=C(CSc2c(Cl)cccc2Cl)NC(=O)N[C@H]1C. The van der Waals surface area contributed by atoms with E-state index in [0.29, 0.717) is 32.0 Å². The van der Waals surface area contributed by atoms with Crippen LogP contribution in [0, 0.1) is 0 Å². The summed E-state index contributed by atoms with van der Waals surface area (Å²) in [5, 5.41) is 6.36. The van der Waals surface area contributed by atoms with Crippen molar-refractivity contribution in [3.63, 3.8) is 0 Å². The van der Waals surface area contributed by atoms with Crippen molar-refractivity contribution in [3.05, 3.63) is 39.5 Å². The summed E-state index contributed by atoms with van der Waals surface area (Å²) >= 11 is 13.6. The summed E-state index contributed by atoms with van der Waals surface area (Å²) in [6, 6.07) is 4.44. The van der Waals surface area contributed by atoms with Crippen molar-refractivity contribution in [1.82, 2.24) is 10.6 Å². The van der Waals surface area contributed by atoms with Crippen molar-refractivity contribution in [3.8, 4) is 0 Å². The summed E-state index contributed by atoms with van der Waals surface area (Å²) in [4.78, 5) is 24.5. The number of ether oxygens (including phenoxy) is 1. The zero-order valence-corrected chi connectivity index (χ0v) is 14.9. The zero-order valence-electron chi connectivity index (χ0n) is 12.6. The standard InChI is InChI=1S/C15H16Cl2N2O3S/c1-3-22-14(20)12-8(2)18-15(21)19-11(12)7-23-13-9(16)5-4-6-10(13)17/h4-6,8H,3,7H2,1-2H3,(H2,18,19,21)/t8-/m0/s1. The van der Waals surface area contributed by atoms with Crippen LogP contribution < -0.4 is 10.6 Å². The molecule has 23 heavy (non-hydrogen) atoms. The van der Waals surface area contributed by atoms with Gasteiger partial charge in [0.25, 0.3) is 0 Å². The van der Waals surface area contributed by atoms with Gasteiger partial charge in [-0.05, 0) is 26.0 Å². The van der Waals surface area contributed by atoms with Crippen LogP contribution in [0.3, 0.4) is 0 Å². The highest BCUT2D eigenvalue weighted by atomic mass is 35.5.